The molecule has 2 fully saturated rings. The van der Waals surface area contributed by atoms with Gasteiger partial charge in [-0.2, -0.15) is 0 Å². The lowest BCUT2D eigenvalue weighted by Crippen LogP contribution is -2.29. The maximum absolute atomic E-state index is 12.1. The summed E-state index contributed by atoms with van der Waals surface area (Å²) in [5, 5.41) is 0. The molecule has 2 aliphatic rings. The molecule has 388 valence electrons. The van der Waals surface area contributed by atoms with Crippen molar-refractivity contribution in [2.45, 2.75) is 167 Å². The number of ketones is 1. The van der Waals surface area contributed by atoms with Crippen LogP contribution in [0, 0.1) is 6.92 Å². The van der Waals surface area contributed by atoms with E-state index < -0.39 is 0 Å². The number of hydrogen-bond donors (Lipinski definition) is 0. The molecule has 3 nitrogen and oxygen atoms in total. The summed E-state index contributed by atoms with van der Waals surface area (Å²) in [6.45, 7) is 45.3. The van der Waals surface area contributed by atoms with Crippen molar-refractivity contribution in [3.8, 4) is 0 Å². The highest BCUT2D eigenvalue weighted by molar-refractivity contribution is 6.08. The quantitative estimate of drug-likeness (QED) is 0.0792. The molecule has 0 bridgehead atoms. The third-order valence-electron chi connectivity index (χ3n) is 12.4. The van der Waals surface area contributed by atoms with Crippen molar-refractivity contribution in [2.75, 3.05) is 36.0 Å². The fourth-order valence-corrected chi connectivity index (χ4v) is 7.49. The van der Waals surface area contributed by atoms with E-state index in [0.29, 0.717) is 23.7 Å². The summed E-state index contributed by atoms with van der Waals surface area (Å²) in [6.07, 6.45) is 13.6. The van der Waals surface area contributed by atoms with E-state index in [1.807, 2.05) is 101 Å². The molecule has 0 aliphatic carbocycles. The van der Waals surface area contributed by atoms with Crippen LogP contribution in [0.4, 0.5) is 11.4 Å². The lowest BCUT2D eigenvalue weighted by Gasteiger charge is -2.29. The predicted octanol–water partition coefficient (Wildman–Crippen LogP) is 20.3. The summed E-state index contributed by atoms with van der Waals surface area (Å²) in [5.74, 6) is 2.51. The molecule has 3 heteroatoms. The van der Waals surface area contributed by atoms with E-state index in [1.165, 1.54) is 115 Å². The van der Waals surface area contributed by atoms with Crippen molar-refractivity contribution in [3.63, 3.8) is 0 Å². The first kappa shape index (κ1) is 65.3. The van der Waals surface area contributed by atoms with Crippen LogP contribution in [0.1, 0.15) is 203 Å². The largest absolute Gasteiger partial charge is 0.372 e. The number of rotatable bonds is 10. The third-order valence-corrected chi connectivity index (χ3v) is 12.4. The molecule has 0 unspecified atom stereocenters. The first-order chi connectivity index (χ1) is 33.6. The van der Waals surface area contributed by atoms with Gasteiger partial charge in [0.15, 0.2) is 5.78 Å². The number of allylic oxidation sites excluding steroid dienone is 5. The molecule has 2 aliphatic heterocycles. The van der Waals surface area contributed by atoms with Crippen LogP contribution in [-0.4, -0.2) is 32.0 Å². The topological polar surface area (TPSA) is 23.6 Å². The molecule has 0 radical (unpaired) electrons. The van der Waals surface area contributed by atoms with E-state index in [2.05, 4.69) is 165 Å². The monoisotopic (exact) mass is 961 g/mol. The molecule has 71 heavy (non-hydrogen) atoms. The zero-order valence-electron chi connectivity index (χ0n) is 46.7. The second-order valence-electron chi connectivity index (χ2n) is 19.3. The van der Waals surface area contributed by atoms with Gasteiger partial charge in [0.2, 0.25) is 0 Å². The first-order valence-electron chi connectivity index (χ1n) is 26.5. The molecule has 0 N–H and O–H groups in total. The summed E-state index contributed by atoms with van der Waals surface area (Å²) in [5.41, 5.74) is 13.6. The smallest absolute Gasteiger partial charge is 0.193 e. The maximum atomic E-state index is 12.1. The molecule has 2 saturated heterocycles. The van der Waals surface area contributed by atoms with Crippen LogP contribution in [0.25, 0.3) is 0 Å². The summed E-state index contributed by atoms with van der Waals surface area (Å²) in [6, 6.07) is 44.2. The normalized spacial score (nSPS) is 12.9. The number of benzene rings is 5. The molecule has 5 aromatic rings. The van der Waals surface area contributed by atoms with Crippen LogP contribution in [0.5, 0.6) is 0 Å². The van der Waals surface area contributed by atoms with Crippen molar-refractivity contribution in [3.05, 3.63) is 215 Å². The van der Waals surface area contributed by atoms with E-state index in [1.54, 1.807) is 6.08 Å². The standard InChI is InChI=1S/C16H16O.2C14H21N.C10H14.C8H12.C3H6.C2H6.CH4/c1-12(2)13-8-10-15(11-9-13)16(17)14-6-4-3-5-7-14;2*1-12(2)13-6-8-14(9-7-13)15-10-4-3-5-11-15;1-8(2)10-6-4-9(3)5-7-10;1-5-7(3)8(4)6-2;1-3-2;1-2;/h3-12H,1-2H3;2*6-9,12H,3-5,10-11H2,1-2H3;4-8H,1-3H3;5-6H,1-2H2,3-4H3;3H,1H2,2H3;1-2H3;1H4/b;;;;8-7-;;;. The van der Waals surface area contributed by atoms with Gasteiger partial charge >= 0.3 is 0 Å². The molecule has 7 rings (SSSR count). The van der Waals surface area contributed by atoms with Gasteiger partial charge in [-0.15, -0.1) is 6.58 Å². The molecular formula is C68H100N2O. The van der Waals surface area contributed by atoms with Crippen LogP contribution in [0.3, 0.4) is 0 Å². The zero-order chi connectivity index (χ0) is 52.4. The predicted molar refractivity (Wildman–Crippen MR) is 322 cm³/mol. The molecule has 0 saturated carbocycles. The number of nitrogens with zero attached hydrogens (tertiary/aromatic N) is 2. The Morgan fingerprint density at radius 2 is 0.718 bits per heavy atom. The second-order valence-corrected chi connectivity index (χ2v) is 19.3. The Labute approximate surface area is 437 Å². The van der Waals surface area contributed by atoms with E-state index >= 15 is 0 Å². The van der Waals surface area contributed by atoms with Gasteiger partial charge in [0.05, 0.1) is 0 Å². The Morgan fingerprint density at radius 1 is 0.451 bits per heavy atom. The van der Waals surface area contributed by atoms with Crippen molar-refractivity contribution < 1.29 is 4.79 Å². The van der Waals surface area contributed by atoms with Crippen molar-refractivity contribution in [1.82, 2.24) is 0 Å². The average Bonchev–Trinajstić information content (AvgIpc) is 3.40. The van der Waals surface area contributed by atoms with E-state index in [0.717, 1.165) is 11.1 Å². The molecule has 0 atom stereocenters. The Morgan fingerprint density at radius 3 is 1.00 bits per heavy atom. The highest BCUT2D eigenvalue weighted by atomic mass is 16.1. The third kappa shape index (κ3) is 25.8. The first-order valence-corrected chi connectivity index (χ1v) is 26.5. The molecule has 2 heterocycles. The number of piperidine rings is 2. The Hall–Kier alpha value is -5.67. The Bertz CT molecular complexity index is 2080. The molecule has 5 aromatic carbocycles. The summed E-state index contributed by atoms with van der Waals surface area (Å²) >= 11 is 0. The van der Waals surface area contributed by atoms with Crippen molar-refractivity contribution in [1.29, 1.82) is 0 Å². The summed E-state index contributed by atoms with van der Waals surface area (Å²) in [7, 11) is 0. The minimum Gasteiger partial charge on any atom is -0.372 e. The molecule has 0 aromatic heterocycles. The van der Waals surface area contributed by atoms with Gasteiger partial charge in [0, 0.05) is 48.7 Å². The van der Waals surface area contributed by atoms with Crippen molar-refractivity contribution >= 4 is 17.2 Å². The highest BCUT2D eigenvalue weighted by Gasteiger charge is 2.12. The minimum absolute atomic E-state index is 0. The van der Waals surface area contributed by atoms with E-state index in [4.69, 9.17) is 0 Å². The van der Waals surface area contributed by atoms with Crippen LogP contribution >= 0.6 is 0 Å². The van der Waals surface area contributed by atoms with Gasteiger partial charge in [0.25, 0.3) is 0 Å². The molecular weight excluding hydrogens is 861 g/mol. The van der Waals surface area contributed by atoms with Gasteiger partial charge in [-0.05, 0) is 148 Å². The summed E-state index contributed by atoms with van der Waals surface area (Å²) < 4.78 is 0. The van der Waals surface area contributed by atoms with E-state index in [9.17, 15) is 4.79 Å². The van der Waals surface area contributed by atoms with Crippen LogP contribution < -0.4 is 9.80 Å². The fraction of sp³-hybridized carbons (Fsp3) is 0.426. The van der Waals surface area contributed by atoms with Gasteiger partial charge < -0.3 is 9.80 Å². The van der Waals surface area contributed by atoms with Gasteiger partial charge in [0.1, 0.15) is 0 Å². The van der Waals surface area contributed by atoms with Gasteiger partial charge in [-0.1, -0.05) is 217 Å². The number of carbonyl (C=O) groups excluding carboxylic acids is 1. The zero-order valence-corrected chi connectivity index (χ0v) is 46.7. The van der Waals surface area contributed by atoms with Gasteiger partial charge in [-0.3, -0.25) is 4.79 Å². The number of carbonyl (C=O) groups is 1. The number of hydrogen-bond acceptors (Lipinski definition) is 3. The minimum atomic E-state index is 0. The summed E-state index contributed by atoms with van der Waals surface area (Å²) in [4.78, 5) is 17.1. The number of anilines is 2. The second kappa shape index (κ2) is 38.1. The fourth-order valence-electron chi connectivity index (χ4n) is 7.49. The highest BCUT2D eigenvalue weighted by Crippen LogP contribution is 2.25. The Balaban J connectivity index is 0.000000857. The lowest BCUT2D eigenvalue weighted by atomic mass is 9.98. The lowest BCUT2D eigenvalue weighted by molar-refractivity contribution is 0.103. The SMILES string of the molecule is C.C=C/C(C)=C(/C)C=C.C=CC.CC.CC(C)c1ccc(C(=O)c2ccccc2)cc1.CC(C)c1ccc(N2CCCCC2)cc1.CC(C)c1ccc(N2CCCCC2)cc1.Cc1ccc(C(C)C)cc1. The van der Waals surface area contributed by atoms with Crippen LogP contribution in [0.2, 0.25) is 0 Å². The molecule has 0 amide bonds. The number of aryl methyl sites for hydroxylation is 1. The van der Waals surface area contributed by atoms with Crippen LogP contribution in [-0.2, 0) is 0 Å². The average molecular weight is 962 g/mol. The maximum Gasteiger partial charge on any atom is 0.193 e. The van der Waals surface area contributed by atoms with Gasteiger partial charge in [-0.25, -0.2) is 0 Å². The van der Waals surface area contributed by atoms with E-state index in [-0.39, 0.29) is 13.2 Å². The van der Waals surface area contributed by atoms with Crippen molar-refractivity contribution in [2.24, 2.45) is 0 Å². The Kier molecular flexibility index (Phi) is 35.0. The molecule has 0 spiro atoms. The van der Waals surface area contributed by atoms with Crippen LogP contribution in [0.15, 0.2) is 177 Å².